The Labute approximate surface area is 93.0 Å². The van der Waals surface area contributed by atoms with Gasteiger partial charge in [0.05, 0.1) is 6.54 Å². The first-order chi connectivity index (χ1) is 7.13. The van der Waals surface area contributed by atoms with Crippen LogP contribution in [0, 0.1) is 6.92 Å². The molecule has 0 heterocycles. The van der Waals surface area contributed by atoms with E-state index in [1.807, 2.05) is 13.0 Å². The molecule has 0 aliphatic rings. The zero-order valence-electron chi connectivity index (χ0n) is 8.31. The van der Waals surface area contributed by atoms with Crippen molar-refractivity contribution in [3.8, 4) is 5.75 Å². The molecule has 0 radical (unpaired) electrons. The lowest BCUT2D eigenvalue weighted by Gasteiger charge is -2.10. The summed E-state index contributed by atoms with van der Waals surface area (Å²) < 4.78 is 5.27. The van der Waals surface area contributed by atoms with Crippen molar-refractivity contribution in [1.29, 1.82) is 0 Å². The number of hydrogen-bond donors (Lipinski definition) is 1. The van der Waals surface area contributed by atoms with Crippen LogP contribution in [0.4, 0.5) is 0 Å². The Hall–Kier alpha value is -1.26. The van der Waals surface area contributed by atoms with Crippen LogP contribution in [0.25, 0.3) is 0 Å². The van der Waals surface area contributed by atoms with E-state index in [0.29, 0.717) is 22.2 Å². The molecule has 1 aromatic rings. The van der Waals surface area contributed by atoms with E-state index in [-0.39, 0.29) is 13.2 Å². The molecule has 15 heavy (non-hydrogen) atoms. The minimum absolute atomic E-state index is 0.120. The lowest BCUT2D eigenvalue weighted by molar-refractivity contribution is -0.150. The second-order valence-electron chi connectivity index (χ2n) is 3.03. The van der Waals surface area contributed by atoms with Gasteiger partial charge < -0.3 is 4.74 Å². The van der Waals surface area contributed by atoms with Gasteiger partial charge in [-0.3, -0.25) is 10.0 Å². The number of carbonyl (C=O) groups is 1. The van der Waals surface area contributed by atoms with E-state index in [0.717, 1.165) is 5.56 Å². The third-order valence-electron chi connectivity index (χ3n) is 1.85. The molecule has 0 unspecified atom stereocenters. The fourth-order valence-electron chi connectivity index (χ4n) is 0.973. The molecule has 0 fully saturated rings. The number of ether oxygens (including phenoxy) is 1. The van der Waals surface area contributed by atoms with Crippen LogP contribution in [0.15, 0.2) is 18.2 Å². The molecule has 5 heteroatoms. The molecule has 0 bridgehead atoms. The van der Waals surface area contributed by atoms with E-state index < -0.39 is 0 Å². The number of hydrogen-bond acceptors (Lipinski definition) is 3. The SMILES string of the molecule is Cc1ccc(OCCN(O)C=O)cc1Cl. The quantitative estimate of drug-likeness (QED) is 0.477. The molecule has 4 nitrogen and oxygen atoms in total. The Morgan fingerprint density at radius 3 is 2.93 bits per heavy atom. The van der Waals surface area contributed by atoms with Gasteiger partial charge >= 0.3 is 0 Å². The lowest BCUT2D eigenvalue weighted by Crippen LogP contribution is -2.23. The summed E-state index contributed by atoms with van der Waals surface area (Å²) in [6.45, 7) is 2.23. The Morgan fingerprint density at radius 2 is 2.33 bits per heavy atom. The fraction of sp³-hybridized carbons (Fsp3) is 0.300. The normalized spacial score (nSPS) is 9.80. The topological polar surface area (TPSA) is 49.8 Å². The first-order valence-corrected chi connectivity index (χ1v) is 4.81. The third kappa shape index (κ3) is 3.77. The number of nitrogens with zero attached hydrogens (tertiary/aromatic N) is 1. The number of halogens is 1. The van der Waals surface area contributed by atoms with Gasteiger partial charge in [-0.1, -0.05) is 17.7 Å². The monoisotopic (exact) mass is 229 g/mol. The van der Waals surface area contributed by atoms with Crippen molar-refractivity contribution in [3.05, 3.63) is 28.8 Å². The summed E-state index contributed by atoms with van der Waals surface area (Å²) >= 11 is 5.89. The molecule has 1 aromatic carbocycles. The Morgan fingerprint density at radius 1 is 1.60 bits per heavy atom. The van der Waals surface area contributed by atoms with E-state index in [1.54, 1.807) is 12.1 Å². The molecule has 0 atom stereocenters. The highest BCUT2D eigenvalue weighted by molar-refractivity contribution is 6.31. The summed E-state index contributed by atoms with van der Waals surface area (Å²) in [5.41, 5.74) is 0.973. The van der Waals surface area contributed by atoms with Crippen molar-refractivity contribution >= 4 is 18.0 Å². The summed E-state index contributed by atoms with van der Waals surface area (Å²) in [6.07, 6.45) is 0.325. The molecule has 1 N–H and O–H groups in total. The van der Waals surface area contributed by atoms with Crippen molar-refractivity contribution in [2.75, 3.05) is 13.2 Å². The number of benzene rings is 1. The average Bonchev–Trinajstić information content (AvgIpc) is 2.23. The number of amides is 1. The molecule has 0 aromatic heterocycles. The summed E-state index contributed by atoms with van der Waals surface area (Å²) in [4.78, 5) is 10.0. The Balaban J connectivity index is 2.44. The average molecular weight is 230 g/mol. The molecular formula is C10H12ClNO3. The summed E-state index contributed by atoms with van der Waals surface area (Å²) in [5.74, 6) is 0.616. The maximum atomic E-state index is 10.0. The van der Waals surface area contributed by atoms with E-state index in [9.17, 15) is 4.79 Å². The highest BCUT2D eigenvalue weighted by Crippen LogP contribution is 2.21. The minimum Gasteiger partial charge on any atom is -0.492 e. The largest absolute Gasteiger partial charge is 0.492 e. The maximum Gasteiger partial charge on any atom is 0.233 e. The van der Waals surface area contributed by atoms with Gasteiger partial charge in [0.2, 0.25) is 6.41 Å². The molecule has 0 aliphatic heterocycles. The predicted molar refractivity (Wildman–Crippen MR) is 56.2 cm³/mol. The van der Waals surface area contributed by atoms with Crippen molar-refractivity contribution < 1.29 is 14.7 Å². The molecule has 0 aliphatic carbocycles. The molecule has 0 saturated heterocycles. The van der Waals surface area contributed by atoms with Gasteiger partial charge in [-0.05, 0) is 24.6 Å². The van der Waals surface area contributed by atoms with Gasteiger partial charge in [-0.15, -0.1) is 0 Å². The van der Waals surface area contributed by atoms with Crippen molar-refractivity contribution in [3.63, 3.8) is 0 Å². The van der Waals surface area contributed by atoms with Crippen molar-refractivity contribution in [2.45, 2.75) is 6.92 Å². The van der Waals surface area contributed by atoms with Gasteiger partial charge in [-0.2, -0.15) is 0 Å². The molecular weight excluding hydrogens is 218 g/mol. The van der Waals surface area contributed by atoms with Crippen LogP contribution in [0.3, 0.4) is 0 Å². The number of carbonyl (C=O) groups excluding carboxylic acids is 1. The Kier molecular flexibility index (Phi) is 4.39. The van der Waals surface area contributed by atoms with E-state index in [1.165, 1.54) is 0 Å². The number of rotatable bonds is 5. The van der Waals surface area contributed by atoms with Gasteiger partial charge in [0.25, 0.3) is 0 Å². The van der Waals surface area contributed by atoms with Gasteiger partial charge in [0, 0.05) is 5.02 Å². The highest BCUT2D eigenvalue weighted by atomic mass is 35.5. The van der Waals surface area contributed by atoms with Crippen LogP contribution in [-0.4, -0.2) is 29.8 Å². The standard InChI is InChI=1S/C10H12ClNO3/c1-8-2-3-9(6-10(8)11)15-5-4-12(14)7-13/h2-3,6-7,14H,4-5H2,1H3. The number of hydroxylamine groups is 2. The van der Waals surface area contributed by atoms with Crippen LogP contribution in [0.2, 0.25) is 5.02 Å². The predicted octanol–water partition coefficient (Wildman–Crippen LogP) is 1.87. The first kappa shape index (κ1) is 11.8. The fourth-order valence-corrected chi connectivity index (χ4v) is 1.14. The zero-order valence-corrected chi connectivity index (χ0v) is 9.07. The second-order valence-corrected chi connectivity index (χ2v) is 3.44. The first-order valence-electron chi connectivity index (χ1n) is 4.43. The van der Waals surface area contributed by atoms with Crippen LogP contribution >= 0.6 is 11.6 Å². The van der Waals surface area contributed by atoms with Crippen molar-refractivity contribution in [2.24, 2.45) is 0 Å². The minimum atomic E-state index is 0.120. The molecule has 82 valence electrons. The summed E-state index contributed by atoms with van der Waals surface area (Å²) in [7, 11) is 0. The molecule has 0 saturated carbocycles. The van der Waals surface area contributed by atoms with Crippen molar-refractivity contribution in [1.82, 2.24) is 5.06 Å². The van der Waals surface area contributed by atoms with Crippen LogP contribution in [-0.2, 0) is 4.79 Å². The van der Waals surface area contributed by atoms with E-state index >= 15 is 0 Å². The zero-order chi connectivity index (χ0) is 11.3. The van der Waals surface area contributed by atoms with Gasteiger partial charge in [-0.25, -0.2) is 5.06 Å². The van der Waals surface area contributed by atoms with E-state index in [4.69, 9.17) is 21.5 Å². The van der Waals surface area contributed by atoms with Crippen LogP contribution < -0.4 is 4.74 Å². The smallest absolute Gasteiger partial charge is 0.233 e. The Bertz CT molecular complexity index is 343. The molecule has 1 rings (SSSR count). The maximum absolute atomic E-state index is 10.0. The van der Waals surface area contributed by atoms with Gasteiger partial charge in [0.15, 0.2) is 0 Å². The second kappa shape index (κ2) is 5.58. The van der Waals surface area contributed by atoms with Crippen LogP contribution in [0.1, 0.15) is 5.56 Å². The van der Waals surface area contributed by atoms with Crippen LogP contribution in [0.5, 0.6) is 5.75 Å². The van der Waals surface area contributed by atoms with Gasteiger partial charge in [0.1, 0.15) is 12.4 Å². The van der Waals surface area contributed by atoms with E-state index in [2.05, 4.69) is 0 Å². The molecule has 0 spiro atoms. The lowest BCUT2D eigenvalue weighted by atomic mass is 10.2. The highest BCUT2D eigenvalue weighted by Gasteiger charge is 2.00. The number of aryl methyl sites for hydroxylation is 1. The summed E-state index contributed by atoms with van der Waals surface area (Å²) in [6, 6.07) is 5.32. The third-order valence-corrected chi connectivity index (χ3v) is 2.26. The molecule has 1 amide bonds. The summed E-state index contributed by atoms with van der Waals surface area (Å²) in [5, 5.41) is 9.95.